The van der Waals surface area contributed by atoms with Crippen LogP contribution in [0.2, 0.25) is 0 Å². The molecule has 0 aliphatic heterocycles. The lowest BCUT2D eigenvalue weighted by Crippen LogP contribution is -2.38. The zero-order valence-electron chi connectivity index (χ0n) is 10.8. The highest BCUT2D eigenvalue weighted by Gasteiger charge is 2.14. The average Bonchev–Trinajstić information content (AvgIpc) is 2.45. The van der Waals surface area contributed by atoms with E-state index >= 15 is 0 Å². The van der Waals surface area contributed by atoms with E-state index in [0.29, 0.717) is 4.47 Å². The van der Waals surface area contributed by atoms with Crippen LogP contribution in [0.5, 0.6) is 5.75 Å². The van der Waals surface area contributed by atoms with Crippen LogP contribution in [0.15, 0.2) is 32.4 Å². The Bertz CT molecular complexity index is 851. The monoisotopic (exact) mass is 353 g/mol. The number of nitrogens with zero attached hydrogens (tertiary/aromatic N) is 3. The van der Waals surface area contributed by atoms with Gasteiger partial charge in [0.2, 0.25) is 0 Å². The minimum absolute atomic E-state index is 0.0146. The summed E-state index contributed by atoms with van der Waals surface area (Å²) in [6.45, 7) is -0.0146. The molecule has 1 heterocycles. The van der Waals surface area contributed by atoms with Gasteiger partial charge in [0.1, 0.15) is 30.1 Å². The van der Waals surface area contributed by atoms with E-state index in [1.54, 1.807) is 0 Å². The van der Waals surface area contributed by atoms with Crippen LogP contribution in [-0.4, -0.2) is 21.0 Å². The highest BCUT2D eigenvalue weighted by atomic mass is 79.9. The van der Waals surface area contributed by atoms with Gasteiger partial charge >= 0.3 is 5.69 Å². The maximum atomic E-state index is 14.0. The Hall–Kier alpha value is -2.40. The molecule has 0 atom stereocenters. The first-order chi connectivity index (χ1) is 9.95. The molecule has 21 heavy (non-hydrogen) atoms. The largest absolute Gasteiger partial charge is 0.480 e. The minimum Gasteiger partial charge on any atom is -0.480 e. The van der Waals surface area contributed by atoms with Gasteiger partial charge in [0, 0.05) is 13.1 Å². The molecule has 108 valence electrons. The molecule has 0 amide bonds. The molecule has 0 aliphatic carbocycles. The zero-order valence-corrected chi connectivity index (χ0v) is 12.4. The Morgan fingerprint density at radius 1 is 1.48 bits per heavy atom. The lowest BCUT2D eigenvalue weighted by molar-refractivity contribution is 0.366. The number of aromatic nitrogens is 3. The molecule has 0 radical (unpaired) electrons. The second-order valence-corrected chi connectivity index (χ2v) is 4.82. The van der Waals surface area contributed by atoms with E-state index in [0.717, 1.165) is 21.5 Å². The number of hydrogen-bond acceptors (Lipinski definition) is 4. The van der Waals surface area contributed by atoms with Gasteiger partial charge < -0.3 is 4.74 Å². The number of hydrogen-bond donors (Lipinski definition) is 0. The maximum Gasteiger partial charge on any atom is 0.352 e. The van der Waals surface area contributed by atoms with Gasteiger partial charge in [-0.2, -0.15) is 9.78 Å². The Morgan fingerprint density at radius 3 is 2.86 bits per heavy atom. The van der Waals surface area contributed by atoms with Gasteiger partial charge in [-0.1, -0.05) is 5.92 Å². The molecule has 0 bridgehead atoms. The quantitative estimate of drug-likeness (QED) is 0.767. The average molecular weight is 354 g/mol. The normalized spacial score (nSPS) is 10.2. The third kappa shape index (κ3) is 2.87. The fourth-order valence-corrected chi connectivity index (χ4v) is 1.99. The first kappa shape index (κ1) is 15.0. The standard InChI is InChI=1S/C13H9BrFN3O3/c1-3-4-21-11-6-10(9(15)5-8(11)14)18-13(20)17(2)12(19)7-16-18/h1,5-7H,4H2,2H3. The summed E-state index contributed by atoms with van der Waals surface area (Å²) in [7, 11) is 1.27. The van der Waals surface area contributed by atoms with Crippen molar-refractivity contribution < 1.29 is 9.13 Å². The molecule has 1 aromatic carbocycles. The van der Waals surface area contributed by atoms with E-state index in [9.17, 15) is 14.0 Å². The molecule has 6 nitrogen and oxygen atoms in total. The summed E-state index contributed by atoms with van der Waals surface area (Å²) in [4.78, 5) is 23.3. The third-order valence-corrected chi connectivity index (χ3v) is 3.24. The molecule has 2 aromatic rings. The minimum atomic E-state index is -0.772. The zero-order chi connectivity index (χ0) is 15.6. The molecule has 0 N–H and O–H groups in total. The highest BCUT2D eigenvalue weighted by Crippen LogP contribution is 2.29. The van der Waals surface area contributed by atoms with Gasteiger partial charge in [-0.05, 0) is 22.0 Å². The van der Waals surface area contributed by atoms with Crippen molar-refractivity contribution in [3.8, 4) is 23.8 Å². The van der Waals surface area contributed by atoms with Crippen molar-refractivity contribution in [1.82, 2.24) is 14.3 Å². The lowest BCUT2D eigenvalue weighted by atomic mass is 10.3. The highest BCUT2D eigenvalue weighted by molar-refractivity contribution is 9.10. The second kappa shape index (κ2) is 5.93. The smallest absolute Gasteiger partial charge is 0.352 e. The van der Waals surface area contributed by atoms with Crippen molar-refractivity contribution in [3.05, 3.63) is 49.5 Å². The van der Waals surface area contributed by atoms with Crippen LogP contribution < -0.4 is 16.0 Å². The van der Waals surface area contributed by atoms with E-state index in [-0.39, 0.29) is 18.0 Å². The van der Waals surface area contributed by atoms with E-state index in [1.165, 1.54) is 13.1 Å². The van der Waals surface area contributed by atoms with Crippen LogP contribution in [0.1, 0.15) is 0 Å². The molecular formula is C13H9BrFN3O3. The number of rotatable bonds is 3. The van der Waals surface area contributed by atoms with Crippen molar-refractivity contribution in [2.45, 2.75) is 0 Å². The van der Waals surface area contributed by atoms with E-state index < -0.39 is 17.1 Å². The van der Waals surface area contributed by atoms with Crippen LogP contribution >= 0.6 is 15.9 Å². The maximum absolute atomic E-state index is 14.0. The summed E-state index contributed by atoms with van der Waals surface area (Å²) in [6, 6.07) is 2.40. The fraction of sp³-hybridized carbons (Fsp3) is 0.154. The Morgan fingerprint density at radius 2 is 2.19 bits per heavy atom. The molecule has 1 aromatic heterocycles. The number of benzene rings is 1. The van der Waals surface area contributed by atoms with Crippen LogP contribution in [0.25, 0.3) is 5.69 Å². The SMILES string of the molecule is C#CCOc1cc(-n2ncc(=O)n(C)c2=O)c(F)cc1Br. The van der Waals surface area contributed by atoms with Gasteiger partial charge in [0.05, 0.1) is 4.47 Å². The van der Waals surface area contributed by atoms with Crippen molar-refractivity contribution in [2.75, 3.05) is 6.61 Å². The second-order valence-electron chi connectivity index (χ2n) is 3.96. The molecule has 0 saturated heterocycles. The molecule has 2 rings (SSSR count). The van der Waals surface area contributed by atoms with E-state index in [2.05, 4.69) is 26.9 Å². The van der Waals surface area contributed by atoms with Crippen molar-refractivity contribution in [3.63, 3.8) is 0 Å². The molecule has 0 aliphatic rings. The summed E-state index contributed by atoms with van der Waals surface area (Å²) in [5.74, 6) is 1.83. The summed E-state index contributed by atoms with van der Waals surface area (Å²) >= 11 is 3.13. The summed E-state index contributed by atoms with van der Waals surface area (Å²) in [6.07, 6.45) is 6.02. The topological polar surface area (TPSA) is 66.1 Å². The molecule has 8 heteroatoms. The van der Waals surface area contributed by atoms with E-state index in [1.807, 2.05) is 0 Å². The third-order valence-electron chi connectivity index (χ3n) is 2.62. The van der Waals surface area contributed by atoms with Crippen LogP contribution in [0, 0.1) is 18.2 Å². The molecule has 0 fully saturated rings. The van der Waals surface area contributed by atoms with Crippen LogP contribution in [0.3, 0.4) is 0 Å². The predicted molar refractivity (Wildman–Crippen MR) is 77.1 cm³/mol. The predicted octanol–water partition coefficient (Wildman–Crippen LogP) is 0.845. The van der Waals surface area contributed by atoms with Crippen LogP contribution in [0.4, 0.5) is 4.39 Å². The Balaban J connectivity index is 2.65. The van der Waals surface area contributed by atoms with Gasteiger partial charge in [-0.15, -0.1) is 6.42 Å². The Labute approximate surface area is 126 Å². The number of terminal acetylenes is 1. The number of ether oxygens (including phenoxy) is 1. The van der Waals surface area contributed by atoms with E-state index in [4.69, 9.17) is 11.2 Å². The van der Waals surface area contributed by atoms with Crippen molar-refractivity contribution in [1.29, 1.82) is 0 Å². The first-order valence-electron chi connectivity index (χ1n) is 5.66. The fourth-order valence-electron chi connectivity index (χ4n) is 1.56. The summed E-state index contributed by atoms with van der Waals surface area (Å²) in [5, 5.41) is 3.64. The molecule has 0 unspecified atom stereocenters. The van der Waals surface area contributed by atoms with Gasteiger partial charge in [0.15, 0.2) is 0 Å². The van der Waals surface area contributed by atoms with Gasteiger partial charge in [0.25, 0.3) is 5.56 Å². The summed E-state index contributed by atoms with van der Waals surface area (Å²) in [5.41, 5.74) is -1.50. The lowest BCUT2D eigenvalue weighted by Gasteiger charge is -2.11. The van der Waals surface area contributed by atoms with Gasteiger partial charge in [-0.25, -0.2) is 9.18 Å². The summed E-state index contributed by atoms with van der Waals surface area (Å²) < 4.78 is 21.2. The van der Waals surface area contributed by atoms with Crippen molar-refractivity contribution >= 4 is 15.9 Å². The molecule has 0 spiro atoms. The Kier molecular flexibility index (Phi) is 4.23. The van der Waals surface area contributed by atoms with Crippen LogP contribution in [-0.2, 0) is 7.05 Å². The first-order valence-corrected chi connectivity index (χ1v) is 6.46. The van der Waals surface area contributed by atoms with Crippen molar-refractivity contribution in [2.24, 2.45) is 7.05 Å². The number of halogens is 2. The molecular weight excluding hydrogens is 345 g/mol. The van der Waals surface area contributed by atoms with Gasteiger partial charge in [-0.3, -0.25) is 9.36 Å². The molecule has 0 saturated carbocycles.